The van der Waals surface area contributed by atoms with Gasteiger partial charge >= 0.3 is 0 Å². The summed E-state index contributed by atoms with van der Waals surface area (Å²) in [5.41, 5.74) is 0.762. The summed E-state index contributed by atoms with van der Waals surface area (Å²) in [5.74, 6) is 1.59. The van der Waals surface area contributed by atoms with Gasteiger partial charge in [-0.15, -0.1) is 11.6 Å². The van der Waals surface area contributed by atoms with Crippen molar-refractivity contribution in [1.82, 2.24) is 9.97 Å². The second-order valence-electron chi connectivity index (χ2n) is 3.72. The number of hydrogen-bond donors (Lipinski definition) is 0. The number of rotatable bonds is 2. The summed E-state index contributed by atoms with van der Waals surface area (Å²) in [6.45, 7) is 2.49. The van der Waals surface area contributed by atoms with Crippen molar-refractivity contribution in [1.29, 1.82) is 0 Å². The molecule has 0 bridgehead atoms. The van der Waals surface area contributed by atoms with E-state index in [1.807, 2.05) is 6.92 Å². The molecule has 1 aliphatic rings. The van der Waals surface area contributed by atoms with E-state index in [1.54, 1.807) is 17.3 Å². The van der Waals surface area contributed by atoms with Gasteiger partial charge in [0.15, 0.2) is 0 Å². The van der Waals surface area contributed by atoms with E-state index in [-0.39, 0.29) is 11.8 Å². The van der Waals surface area contributed by atoms with Gasteiger partial charge in [0.1, 0.15) is 5.82 Å². The summed E-state index contributed by atoms with van der Waals surface area (Å²) >= 11 is 5.74. The van der Waals surface area contributed by atoms with E-state index in [4.69, 9.17) is 11.6 Å². The number of aryl methyl sites for hydroxylation is 1. The van der Waals surface area contributed by atoms with Crippen LogP contribution in [0, 0.1) is 12.8 Å². The van der Waals surface area contributed by atoms with E-state index in [2.05, 4.69) is 9.97 Å². The molecule has 4 nitrogen and oxygen atoms in total. The molecule has 2 rings (SSSR count). The number of nitrogens with zero attached hydrogens (tertiary/aromatic N) is 3. The zero-order valence-electron chi connectivity index (χ0n) is 8.48. The van der Waals surface area contributed by atoms with E-state index >= 15 is 0 Å². The molecule has 1 fully saturated rings. The first-order valence-electron chi connectivity index (χ1n) is 4.85. The van der Waals surface area contributed by atoms with Gasteiger partial charge in [0.25, 0.3) is 0 Å². The highest BCUT2D eigenvalue weighted by molar-refractivity contribution is 6.18. The van der Waals surface area contributed by atoms with Crippen LogP contribution in [0.25, 0.3) is 0 Å². The third kappa shape index (κ3) is 2.09. The smallest absolute Gasteiger partial charge is 0.227 e. The molecule has 2 heterocycles. The average molecular weight is 226 g/mol. The van der Waals surface area contributed by atoms with Gasteiger partial charge in [-0.05, 0) is 12.8 Å². The molecule has 0 radical (unpaired) electrons. The fourth-order valence-corrected chi connectivity index (χ4v) is 1.87. The van der Waals surface area contributed by atoms with Gasteiger partial charge in [-0.25, -0.2) is 9.97 Å². The molecule has 15 heavy (non-hydrogen) atoms. The second kappa shape index (κ2) is 4.14. The standard InChI is InChI=1S/C10H12ClN3O/c1-7-12-4-9(5-13-7)14-6-8(3-11)2-10(14)15/h4-5,8H,2-3,6H2,1H3. The highest BCUT2D eigenvalue weighted by atomic mass is 35.5. The molecule has 0 saturated carbocycles. The molecular weight excluding hydrogens is 214 g/mol. The highest BCUT2D eigenvalue weighted by Gasteiger charge is 2.30. The largest absolute Gasteiger partial charge is 0.309 e. The van der Waals surface area contributed by atoms with Crippen LogP contribution in [0.1, 0.15) is 12.2 Å². The van der Waals surface area contributed by atoms with Crippen molar-refractivity contribution < 1.29 is 4.79 Å². The van der Waals surface area contributed by atoms with Crippen LogP contribution >= 0.6 is 11.6 Å². The summed E-state index contributed by atoms with van der Waals surface area (Å²) in [7, 11) is 0. The Balaban J connectivity index is 2.18. The third-order valence-electron chi connectivity index (χ3n) is 2.50. The predicted molar refractivity (Wildman–Crippen MR) is 57.9 cm³/mol. The lowest BCUT2D eigenvalue weighted by Crippen LogP contribution is -2.25. The van der Waals surface area contributed by atoms with Crippen LogP contribution in [0.2, 0.25) is 0 Å². The van der Waals surface area contributed by atoms with E-state index in [1.165, 1.54) is 0 Å². The number of amides is 1. The third-order valence-corrected chi connectivity index (χ3v) is 2.94. The number of carbonyl (C=O) groups is 1. The Hall–Kier alpha value is -1.16. The number of halogens is 1. The van der Waals surface area contributed by atoms with E-state index < -0.39 is 0 Å². The molecule has 1 atom stereocenters. The van der Waals surface area contributed by atoms with Crippen molar-refractivity contribution in [2.75, 3.05) is 17.3 Å². The summed E-state index contributed by atoms with van der Waals surface area (Å²) in [6.07, 6.45) is 3.88. The van der Waals surface area contributed by atoms with E-state index in [0.717, 1.165) is 5.69 Å². The van der Waals surface area contributed by atoms with Crippen molar-refractivity contribution >= 4 is 23.2 Å². The van der Waals surface area contributed by atoms with Gasteiger partial charge < -0.3 is 4.90 Å². The Bertz CT molecular complexity index is 365. The van der Waals surface area contributed by atoms with Gasteiger partial charge in [0.2, 0.25) is 5.91 Å². The summed E-state index contributed by atoms with van der Waals surface area (Å²) in [4.78, 5) is 21.5. The summed E-state index contributed by atoms with van der Waals surface area (Å²) in [6, 6.07) is 0. The Labute approximate surface area is 93.3 Å². The van der Waals surface area contributed by atoms with Crippen LogP contribution in [0.4, 0.5) is 5.69 Å². The van der Waals surface area contributed by atoms with Crippen LogP contribution in [-0.2, 0) is 4.79 Å². The van der Waals surface area contributed by atoms with Gasteiger partial charge in [0.05, 0.1) is 18.1 Å². The number of aromatic nitrogens is 2. The molecule has 0 spiro atoms. The molecule has 1 aromatic heterocycles. The van der Waals surface area contributed by atoms with Gasteiger partial charge in [0, 0.05) is 18.8 Å². The molecular formula is C10H12ClN3O. The fraction of sp³-hybridized carbons (Fsp3) is 0.500. The molecule has 1 unspecified atom stereocenters. The van der Waals surface area contributed by atoms with Gasteiger partial charge in [-0.3, -0.25) is 4.79 Å². The van der Waals surface area contributed by atoms with E-state index in [0.29, 0.717) is 24.7 Å². The number of alkyl halides is 1. The summed E-state index contributed by atoms with van der Waals surface area (Å²) in [5, 5.41) is 0. The van der Waals surface area contributed by atoms with Crippen molar-refractivity contribution in [2.45, 2.75) is 13.3 Å². The lowest BCUT2D eigenvalue weighted by molar-refractivity contribution is -0.117. The van der Waals surface area contributed by atoms with Crippen molar-refractivity contribution in [3.63, 3.8) is 0 Å². The molecule has 80 valence electrons. The average Bonchev–Trinajstić information content (AvgIpc) is 2.61. The maximum atomic E-state index is 11.6. The van der Waals surface area contributed by atoms with Crippen molar-refractivity contribution in [3.8, 4) is 0 Å². The SMILES string of the molecule is Cc1ncc(N2CC(CCl)CC2=O)cn1. The van der Waals surface area contributed by atoms with Crippen LogP contribution in [0.3, 0.4) is 0 Å². The monoisotopic (exact) mass is 225 g/mol. The van der Waals surface area contributed by atoms with Crippen LogP contribution in [0.15, 0.2) is 12.4 Å². The van der Waals surface area contributed by atoms with Crippen molar-refractivity contribution in [2.24, 2.45) is 5.92 Å². The molecule has 0 aromatic carbocycles. The Morgan fingerprint density at radius 2 is 2.20 bits per heavy atom. The first-order chi connectivity index (χ1) is 7.20. The maximum absolute atomic E-state index is 11.6. The van der Waals surface area contributed by atoms with Gasteiger partial charge in [-0.1, -0.05) is 0 Å². The Kier molecular flexibility index (Phi) is 2.86. The molecule has 1 aliphatic heterocycles. The van der Waals surface area contributed by atoms with Gasteiger partial charge in [-0.2, -0.15) is 0 Å². The first-order valence-corrected chi connectivity index (χ1v) is 5.39. The molecule has 1 saturated heterocycles. The van der Waals surface area contributed by atoms with Crippen LogP contribution in [0.5, 0.6) is 0 Å². The maximum Gasteiger partial charge on any atom is 0.227 e. The number of hydrogen-bond acceptors (Lipinski definition) is 3. The summed E-state index contributed by atoms with van der Waals surface area (Å²) < 4.78 is 0. The molecule has 1 aromatic rings. The Morgan fingerprint density at radius 3 is 2.73 bits per heavy atom. The zero-order valence-corrected chi connectivity index (χ0v) is 9.24. The number of carbonyl (C=O) groups excluding carboxylic acids is 1. The highest BCUT2D eigenvalue weighted by Crippen LogP contribution is 2.24. The minimum atomic E-state index is 0.105. The fourth-order valence-electron chi connectivity index (χ4n) is 1.66. The van der Waals surface area contributed by atoms with E-state index in [9.17, 15) is 4.79 Å². The molecule has 0 N–H and O–H groups in total. The Morgan fingerprint density at radius 1 is 1.53 bits per heavy atom. The molecule has 0 aliphatic carbocycles. The zero-order chi connectivity index (χ0) is 10.8. The lowest BCUT2D eigenvalue weighted by Gasteiger charge is -2.15. The minimum Gasteiger partial charge on any atom is -0.309 e. The predicted octanol–water partition coefficient (Wildman–Crippen LogP) is 1.38. The first kappa shape index (κ1) is 10.4. The van der Waals surface area contributed by atoms with Crippen molar-refractivity contribution in [3.05, 3.63) is 18.2 Å². The topological polar surface area (TPSA) is 46.1 Å². The normalized spacial score (nSPS) is 21.1. The molecule has 5 heteroatoms. The molecule has 1 amide bonds. The second-order valence-corrected chi connectivity index (χ2v) is 4.03. The lowest BCUT2D eigenvalue weighted by atomic mass is 10.1. The van der Waals surface area contributed by atoms with Crippen LogP contribution in [-0.4, -0.2) is 28.3 Å². The van der Waals surface area contributed by atoms with Crippen LogP contribution < -0.4 is 4.90 Å². The quantitative estimate of drug-likeness (QED) is 0.715. The number of anilines is 1. The minimum absolute atomic E-state index is 0.105.